The number of aromatic nitrogens is 3. The van der Waals surface area contributed by atoms with Gasteiger partial charge in [-0.3, -0.25) is 10.1 Å². The quantitative estimate of drug-likeness (QED) is 0.762. The van der Waals surface area contributed by atoms with Crippen molar-refractivity contribution < 1.29 is 9.21 Å². The third kappa shape index (κ3) is 3.86. The van der Waals surface area contributed by atoms with E-state index in [0.717, 1.165) is 10.6 Å². The zero-order valence-corrected chi connectivity index (χ0v) is 14.6. The van der Waals surface area contributed by atoms with E-state index in [2.05, 4.69) is 34.3 Å². The van der Waals surface area contributed by atoms with Gasteiger partial charge in [-0.2, -0.15) is 0 Å². The molecule has 0 saturated heterocycles. The Labute approximate surface area is 144 Å². The van der Waals surface area contributed by atoms with Crippen LogP contribution in [0.2, 0.25) is 0 Å². The van der Waals surface area contributed by atoms with Gasteiger partial charge in [-0.15, -0.1) is 16.4 Å². The Balaban J connectivity index is 1.62. The molecule has 0 unspecified atom stereocenters. The van der Waals surface area contributed by atoms with Gasteiger partial charge >= 0.3 is 6.01 Å². The fourth-order valence-electron chi connectivity index (χ4n) is 2.21. The van der Waals surface area contributed by atoms with Gasteiger partial charge in [-0.25, -0.2) is 4.98 Å². The molecule has 0 aliphatic carbocycles. The number of aryl methyl sites for hydroxylation is 1. The van der Waals surface area contributed by atoms with Gasteiger partial charge in [0.05, 0.1) is 11.4 Å². The van der Waals surface area contributed by atoms with Gasteiger partial charge in [0, 0.05) is 5.38 Å². The number of thiazole rings is 1. The van der Waals surface area contributed by atoms with Crippen LogP contribution in [0.5, 0.6) is 0 Å². The third-order valence-corrected chi connectivity index (χ3v) is 4.29. The minimum Gasteiger partial charge on any atom is -0.401 e. The van der Waals surface area contributed by atoms with Crippen molar-refractivity contribution in [3.63, 3.8) is 0 Å². The normalized spacial score (nSPS) is 11.0. The first-order chi connectivity index (χ1) is 11.5. The Morgan fingerprint density at radius 3 is 2.62 bits per heavy atom. The molecule has 1 amide bonds. The number of nitrogens with one attached hydrogen (secondary N) is 1. The Morgan fingerprint density at radius 2 is 2.00 bits per heavy atom. The summed E-state index contributed by atoms with van der Waals surface area (Å²) in [6.07, 6.45) is 0.256. The molecule has 3 rings (SSSR count). The minimum absolute atomic E-state index is 0.0828. The van der Waals surface area contributed by atoms with Crippen LogP contribution in [0.1, 0.15) is 35.9 Å². The van der Waals surface area contributed by atoms with Crippen molar-refractivity contribution in [1.29, 1.82) is 0 Å². The highest BCUT2D eigenvalue weighted by Crippen LogP contribution is 2.21. The standard InChI is InChI=1S/C17H18N4O2S/c1-10(2)13-6-4-12(5-7-13)8-15(22)19-17-21-20-16(23-17)14-9-24-11(3)18-14/h4-7,9-10H,8H2,1-3H3,(H,19,21,22). The molecule has 0 aliphatic heterocycles. The van der Waals surface area contributed by atoms with E-state index < -0.39 is 0 Å². The van der Waals surface area contributed by atoms with Crippen molar-refractivity contribution >= 4 is 23.3 Å². The summed E-state index contributed by atoms with van der Waals surface area (Å²) in [5.41, 5.74) is 2.81. The van der Waals surface area contributed by atoms with E-state index in [1.165, 1.54) is 16.9 Å². The second kappa shape index (κ2) is 6.92. The summed E-state index contributed by atoms with van der Waals surface area (Å²) in [5, 5.41) is 13.1. The molecule has 0 atom stereocenters. The van der Waals surface area contributed by atoms with Gasteiger partial charge < -0.3 is 4.42 Å². The van der Waals surface area contributed by atoms with Gasteiger partial charge in [0.15, 0.2) is 0 Å². The van der Waals surface area contributed by atoms with Crippen LogP contribution in [-0.4, -0.2) is 21.1 Å². The van der Waals surface area contributed by atoms with E-state index >= 15 is 0 Å². The Bertz CT molecular complexity index is 836. The van der Waals surface area contributed by atoms with Crippen LogP contribution >= 0.6 is 11.3 Å². The summed E-state index contributed by atoms with van der Waals surface area (Å²) < 4.78 is 5.43. The summed E-state index contributed by atoms with van der Waals surface area (Å²) in [6.45, 7) is 6.18. The molecule has 0 aliphatic rings. The lowest BCUT2D eigenvalue weighted by molar-refractivity contribution is -0.115. The first-order valence-electron chi connectivity index (χ1n) is 7.66. The van der Waals surface area contributed by atoms with Crippen molar-refractivity contribution in [3.05, 3.63) is 45.8 Å². The van der Waals surface area contributed by atoms with Crippen molar-refractivity contribution in [3.8, 4) is 11.6 Å². The summed E-state index contributed by atoms with van der Waals surface area (Å²) in [5.74, 6) is 0.576. The van der Waals surface area contributed by atoms with Crippen molar-refractivity contribution in [2.45, 2.75) is 33.1 Å². The molecular weight excluding hydrogens is 324 g/mol. The monoisotopic (exact) mass is 342 g/mol. The van der Waals surface area contributed by atoms with Gasteiger partial charge in [0.25, 0.3) is 5.89 Å². The average molecular weight is 342 g/mol. The number of benzene rings is 1. The highest BCUT2D eigenvalue weighted by atomic mass is 32.1. The molecule has 7 heteroatoms. The SMILES string of the molecule is Cc1nc(-c2nnc(NC(=O)Cc3ccc(C(C)C)cc3)o2)cs1. The zero-order chi connectivity index (χ0) is 17.1. The van der Waals surface area contributed by atoms with Crippen LogP contribution in [0.3, 0.4) is 0 Å². The number of anilines is 1. The van der Waals surface area contributed by atoms with Gasteiger partial charge in [0.2, 0.25) is 5.91 Å². The summed E-state index contributed by atoms with van der Waals surface area (Å²) in [6, 6.07) is 8.10. The highest BCUT2D eigenvalue weighted by Gasteiger charge is 2.13. The lowest BCUT2D eigenvalue weighted by Crippen LogP contribution is -2.14. The predicted molar refractivity (Wildman–Crippen MR) is 93.0 cm³/mol. The van der Waals surface area contributed by atoms with Crippen molar-refractivity contribution in [2.24, 2.45) is 0 Å². The molecule has 124 valence electrons. The van der Waals surface area contributed by atoms with E-state index in [0.29, 0.717) is 17.5 Å². The molecule has 24 heavy (non-hydrogen) atoms. The fourth-order valence-corrected chi connectivity index (χ4v) is 2.79. The molecule has 2 aromatic heterocycles. The number of hydrogen-bond acceptors (Lipinski definition) is 6. The largest absolute Gasteiger partial charge is 0.401 e. The van der Waals surface area contributed by atoms with Crippen LogP contribution in [0.25, 0.3) is 11.6 Å². The first-order valence-corrected chi connectivity index (χ1v) is 8.54. The van der Waals surface area contributed by atoms with E-state index in [1.54, 1.807) is 0 Å². The summed E-state index contributed by atoms with van der Waals surface area (Å²) in [7, 11) is 0. The number of nitrogens with zero attached hydrogens (tertiary/aromatic N) is 3. The maximum Gasteiger partial charge on any atom is 0.322 e. The molecule has 1 N–H and O–H groups in total. The van der Waals surface area contributed by atoms with Crippen molar-refractivity contribution in [1.82, 2.24) is 15.2 Å². The van der Waals surface area contributed by atoms with Gasteiger partial charge in [-0.05, 0) is 24.0 Å². The number of carbonyl (C=O) groups excluding carboxylic acids is 1. The third-order valence-electron chi connectivity index (χ3n) is 3.52. The van der Waals surface area contributed by atoms with Gasteiger partial charge in [0.1, 0.15) is 5.69 Å². The molecular formula is C17H18N4O2S. The van der Waals surface area contributed by atoms with E-state index in [1.807, 2.05) is 36.6 Å². The maximum absolute atomic E-state index is 12.1. The Hall–Kier alpha value is -2.54. The van der Waals surface area contributed by atoms with Crippen LogP contribution in [0.4, 0.5) is 6.01 Å². The molecule has 0 radical (unpaired) electrons. The summed E-state index contributed by atoms with van der Waals surface area (Å²) in [4.78, 5) is 16.4. The molecule has 0 saturated carbocycles. The number of hydrogen-bond donors (Lipinski definition) is 1. The number of amides is 1. The molecule has 1 aromatic carbocycles. The van der Waals surface area contributed by atoms with E-state index in [4.69, 9.17) is 4.42 Å². The number of carbonyl (C=O) groups is 1. The van der Waals surface area contributed by atoms with E-state index in [9.17, 15) is 4.79 Å². The summed E-state index contributed by atoms with van der Waals surface area (Å²) >= 11 is 1.50. The molecule has 3 aromatic rings. The molecule has 6 nitrogen and oxygen atoms in total. The Morgan fingerprint density at radius 1 is 1.25 bits per heavy atom. The predicted octanol–water partition coefficient (Wildman–Crippen LogP) is 3.81. The molecule has 0 bridgehead atoms. The van der Waals surface area contributed by atoms with Crippen LogP contribution in [-0.2, 0) is 11.2 Å². The fraction of sp³-hybridized carbons (Fsp3) is 0.294. The number of rotatable bonds is 5. The lowest BCUT2D eigenvalue weighted by Gasteiger charge is -2.06. The first kappa shape index (κ1) is 16.3. The van der Waals surface area contributed by atoms with Gasteiger partial charge in [-0.1, -0.05) is 43.2 Å². The smallest absolute Gasteiger partial charge is 0.322 e. The zero-order valence-electron chi connectivity index (χ0n) is 13.7. The van der Waals surface area contributed by atoms with Crippen molar-refractivity contribution in [2.75, 3.05) is 5.32 Å². The van der Waals surface area contributed by atoms with Crippen LogP contribution < -0.4 is 5.32 Å². The second-order valence-electron chi connectivity index (χ2n) is 5.79. The lowest BCUT2D eigenvalue weighted by atomic mass is 10.0. The second-order valence-corrected chi connectivity index (χ2v) is 6.85. The highest BCUT2D eigenvalue weighted by molar-refractivity contribution is 7.09. The molecule has 0 fully saturated rings. The average Bonchev–Trinajstić information content (AvgIpc) is 3.16. The maximum atomic E-state index is 12.1. The van der Waals surface area contributed by atoms with E-state index in [-0.39, 0.29) is 18.3 Å². The van der Waals surface area contributed by atoms with Crippen LogP contribution in [0.15, 0.2) is 34.1 Å². The van der Waals surface area contributed by atoms with Crippen LogP contribution in [0, 0.1) is 6.92 Å². The molecule has 2 heterocycles. The molecule has 0 spiro atoms. The topological polar surface area (TPSA) is 80.9 Å². The minimum atomic E-state index is -0.197. The Kier molecular flexibility index (Phi) is 4.71.